The Balaban J connectivity index is 1.88. The van der Waals surface area contributed by atoms with E-state index < -0.39 is 0 Å². The molecular formula is C16H30N6. The summed E-state index contributed by atoms with van der Waals surface area (Å²) >= 11 is 0. The van der Waals surface area contributed by atoms with Gasteiger partial charge in [0.05, 0.1) is 12.2 Å². The van der Waals surface area contributed by atoms with Gasteiger partial charge in [-0.15, -0.1) is 0 Å². The van der Waals surface area contributed by atoms with Crippen molar-refractivity contribution in [3.05, 3.63) is 18.0 Å². The second-order valence-corrected chi connectivity index (χ2v) is 5.83. The van der Waals surface area contributed by atoms with Gasteiger partial charge in [0.1, 0.15) is 0 Å². The quantitative estimate of drug-likeness (QED) is 0.590. The highest BCUT2D eigenvalue weighted by Gasteiger charge is 2.20. The third-order valence-electron chi connectivity index (χ3n) is 4.30. The van der Waals surface area contributed by atoms with Crippen molar-refractivity contribution in [3.63, 3.8) is 0 Å². The molecule has 2 heterocycles. The predicted molar refractivity (Wildman–Crippen MR) is 90.9 cm³/mol. The predicted octanol–water partition coefficient (Wildman–Crippen LogP) is 1.35. The highest BCUT2D eigenvalue weighted by molar-refractivity contribution is 5.79. The van der Waals surface area contributed by atoms with Gasteiger partial charge in [-0.3, -0.25) is 9.58 Å². The lowest BCUT2D eigenvalue weighted by atomic mass is 10.2. The van der Waals surface area contributed by atoms with Gasteiger partial charge in [0, 0.05) is 32.4 Å². The summed E-state index contributed by atoms with van der Waals surface area (Å²) in [7, 11) is 1.95. The van der Waals surface area contributed by atoms with Gasteiger partial charge >= 0.3 is 0 Å². The van der Waals surface area contributed by atoms with Crippen LogP contribution in [0.15, 0.2) is 17.3 Å². The zero-order valence-electron chi connectivity index (χ0n) is 14.2. The number of aromatic nitrogens is 2. The van der Waals surface area contributed by atoms with Crippen LogP contribution in [0.25, 0.3) is 0 Å². The lowest BCUT2D eigenvalue weighted by Gasteiger charge is -2.27. The molecule has 2 N–H and O–H groups in total. The highest BCUT2D eigenvalue weighted by Crippen LogP contribution is 2.13. The number of nitrogens with zero attached hydrogens (tertiary/aromatic N) is 4. The lowest BCUT2D eigenvalue weighted by Crippen LogP contribution is -2.46. The first-order valence-electron chi connectivity index (χ1n) is 8.47. The third-order valence-corrected chi connectivity index (χ3v) is 4.30. The number of hydrogen-bond acceptors (Lipinski definition) is 3. The zero-order valence-corrected chi connectivity index (χ0v) is 14.2. The van der Waals surface area contributed by atoms with Crippen LogP contribution < -0.4 is 10.6 Å². The van der Waals surface area contributed by atoms with E-state index in [9.17, 15) is 0 Å². The van der Waals surface area contributed by atoms with Gasteiger partial charge in [0.15, 0.2) is 5.96 Å². The first-order valence-corrected chi connectivity index (χ1v) is 8.47. The Morgan fingerprint density at radius 3 is 2.68 bits per heavy atom. The summed E-state index contributed by atoms with van der Waals surface area (Å²) in [6.07, 6.45) is 5.66. The first-order chi connectivity index (χ1) is 10.7. The minimum Gasteiger partial charge on any atom is -0.357 e. The lowest BCUT2D eigenvalue weighted by molar-refractivity contribution is 0.236. The van der Waals surface area contributed by atoms with Crippen molar-refractivity contribution in [3.8, 4) is 0 Å². The molecule has 1 aromatic heterocycles. The van der Waals surface area contributed by atoms with E-state index in [1.165, 1.54) is 32.4 Å². The second-order valence-electron chi connectivity index (χ2n) is 5.83. The van der Waals surface area contributed by atoms with Crippen LogP contribution in [-0.4, -0.2) is 52.9 Å². The average molecular weight is 306 g/mol. The normalized spacial score (nSPS) is 17.7. The molecular weight excluding hydrogens is 276 g/mol. The summed E-state index contributed by atoms with van der Waals surface area (Å²) in [5.74, 6) is 0.890. The summed E-state index contributed by atoms with van der Waals surface area (Å²) in [6.45, 7) is 9.31. The van der Waals surface area contributed by atoms with E-state index in [1.807, 2.05) is 24.0 Å². The van der Waals surface area contributed by atoms with Crippen molar-refractivity contribution < 1.29 is 0 Å². The molecule has 1 aliphatic rings. The molecule has 1 saturated heterocycles. The van der Waals surface area contributed by atoms with E-state index in [-0.39, 0.29) is 0 Å². The van der Waals surface area contributed by atoms with Gasteiger partial charge in [-0.2, -0.15) is 5.10 Å². The van der Waals surface area contributed by atoms with Gasteiger partial charge in [0.2, 0.25) is 0 Å². The van der Waals surface area contributed by atoms with Crippen LogP contribution >= 0.6 is 0 Å². The van der Waals surface area contributed by atoms with Crippen LogP contribution in [-0.2, 0) is 13.6 Å². The van der Waals surface area contributed by atoms with E-state index in [0.717, 1.165) is 24.7 Å². The minimum atomic E-state index is 0.600. The number of likely N-dealkylation sites (tertiary alicyclic amines) is 1. The van der Waals surface area contributed by atoms with E-state index in [1.54, 1.807) is 0 Å². The Labute approximate surface area is 134 Å². The summed E-state index contributed by atoms with van der Waals surface area (Å²) in [5, 5.41) is 11.0. The number of rotatable bonds is 7. The van der Waals surface area contributed by atoms with Crippen LogP contribution in [0.1, 0.15) is 38.8 Å². The summed E-state index contributed by atoms with van der Waals surface area (Å²) in [4.78, 5) is 7.26. The molecule has 0 spiro atoms. The van der Waals surface area contributed by atoms with E-state index in [0.29, 0.717) is 12.6 Å². The largest absolute Gasteiger partial charge is 0.357 e. The maximum absolute atomic E-state index is 4.66. The Hall–Kier alpha value is -1.56. The Morgan fingerprint density at radius 1 is 1.32 bits per heavy atom. The molecule has 1 aromatic rings. The molecule has 0 bridgehead atoms. The van der Waals surface area contributed by atoms with Crippen LogP contribution in [0, 0.1) is 0 Å². The number of nitrogens with one attached hydrogen (secondary N) is 2. The number of aryl methyl sites for hydroxylation is 1. The smallest absolute Gasteiger partial charge is 0.191 e. The molecule has 0 aliphatic carbocycles. The van der Waals surface area contributed by atoms with Gasteiger partial charge in [0.25, 0.3) is 0 Å². The zero-order chi connectivity index (χ0) is 15.8. The van der Waals surface area contributed by atoms with E-state index in [4.69, 9.17) is 0 Å². The molecule has 0 radical (unpaired) electrons. The molecule has 0 aromatic carbocycles. The van der Waals surface area contributed by atoms with Crippen LogP contribution in [0.3, 0.4) is 0 Å². The summed E-state index contributed by atoms with van der Waals surface area (Å²) in [5.41, 5.74) is 1.11. The Morgan fingerprint density at radius 2 is 2.09 bits per heavy atom. The van der Waals surface area contributed by atoms with Crippen molar-refractivity contribution in [1.82, 2.24) is 25.3 Å². The van der Waals surface area contributed by atoms with Crippen molar-refractivity contribution in [1.29, 1.82) is 0 Å². The molecule has 22 heavy (non-hydrogen) atoms. The fourth-order valence-electron chi connectivity index (χ4n) is 2.91. The van der Waals surface area contributed by atoms with E-state index >= 15 is 0 Å². The summed E-state index contributed by atoms with van der Waals surface area (Å²) in [6, 6.07) is 2.61. The van der Waals surface area contributed by atoms with Gasteiger partial charge < -0.3 is 10.6 Å². The number of aliphatic imine (C=N–C) groups is 1. The molecule has 124 valence electrons. The molecule has 6 heteroatoms. The topological polar surface area (TPSA) is 57.5 Å². The van der Waals surface area contributed by atoms with Crippen LogP contribution in [0.5, 0.6) is 0 Å². The minimum absolute atomic E-state index is 0.600. The highest BCUT2D eigenvalue weighted by atomic mass is 15.3. The monoisotopic (exact) mass is 306 g/mol. The van der Waals surface area contributed by atoms with Gasteiger partial charge in [-0.05, 0) is 45.3 Å². The van der Waals surface area contributed by atoms with Crippen molar-refractivity contribution in [2.24, 2.45) is 12.0 Å². The molecule has 0 amide bonds. The Bertz CT molecular complexity index is 461. The van der Waals surface area contributed by atoms with Crippen LogP contribution in [0.4, 0.5) is 0 Å². The van der Waals surface area contributed by atoms with Gasteiger partial charge in [-0.1, -0.05) is 6.92 Å². The number of guanidine groups is 1. The molecule has 1 aliphatic heterocycles. The maximum atomic E-state index is 4.66. The average Bonchev–Trinajstić information content (AvgIpc) is 3.17. The molecule has 0 saturated carbocycles. The fraction of sp³-hybridized carbons (Fsp3) is 0.750. The third kappa shape index (κ3) is 4.73. The maximum Gasteiger partial charge on any atom is 0.191 e. The molecule has 2 rings (SSSR count). The first kappa shape index (κ1) is 16.8. The van der Waals surface area contributed by atoms with Crippen molar-refractivity contribution in [2.75, 3.05) is 26.2 Å². The van der Waals surface area contributed by atoms with Crippen molar-refractivity contribution >= 4 is 5.96 Å². The van der Waals surface area contributed by atoms with Gasteiger partial charge in [-0.25, -0.2) is 4.99 Å². The van der Waals surface area contributed by atoms with Crippen molar-refractivity contribution in [2.45, 2.75) is 45.7 Å². The van der Waals surface area contributed by atoms with E-state index in [2.05, 4.69) is 39.5 Å². The fourth-order valence-corrected chi connectivity index (χ4v) is 2.91. The number of hydrogen-bond donors (Lipinski definition) is 2. The SMILES string of the molecule is CCNC(=NCc1ccnn1C)NCC(CC)N1CCCC1. The molecule has 6 nitrogen and oxygen atoms in total. The molecule has 1 atom stereocenters. The van der Waals surface area contributed by atoms with Crippen LogP contribution in [0.2, 0.25) is 0 Å². The summed E-state index contributed by atoms with van der Waals surface area (Å²) < 4.78 is 1.87. The standard InChI is InChI=1S/C16H30N6/c1-4-14(22-10-6-7-11-22)12-18-16(17-5-2)19-13-15-8-9-20-21(15)3/h8-9,14H,4-7,10-13H2,1-3H3,(H2,17,18,19). The second kappa shape index (κ2) is 8.78. The molecule has 1 unspecified atom stereocenters. The Kier molecular flexibility index (Phi) is 6.71. The molecule has 1 fully saturated rings.